The van der Waals surface area contributed by atoms with Crippen molar-refractivity contribution in [3.8, 4) is 5.75 Å². The first-order valence-corrected chi connectivity index (χ1v) is 11.3. The smallest absolute Gasteiger partial charge is 0.409 e. The van der Waals surface area contributed by atoms with Gasteiger partial charge in [-0.3, -0.25) is 14.9 Å². The molecule has 13 heteroatoms. The molecule has 13 nitrogen and oxygen atoms in total. The van der Waals surface area contributed by atoms with Gasteiger partial charge in [0, 0.05) is 60.0 Å². The van der Waals surface area contributed by atoms with E-state index in [1.165, 1.54) is 29.0 Å². The number of aliphatic hydroxyl groups excluding tert-OH is 3. The molecule has 1 saturated heterocycles. The number of carbonyl (C=O) groups excluding carboxylic acids is 2. The summed E-state index contributed by atoms with van der Waals surface area (Å²) in [6.45, 7) is 5.47. The first-order valence-electron chi connectivity index (χ1n) is 11.3. The van der Waals surface area contributed by atoms with Gasteiger partial charge in [-0.05, 0) is 24.5 Å². The average Bonchev–Trinajstić information content (AvgIpc) is 2.88. The van der Waals surface area contributed by atoms with Gasteiger partial charge in [-0.15, -0.1) is 0 Å². The zero-order valence-electron chi connectivity index (χ0n) is 21.9. The third-order valence-electron chi connectivity index (χ3n) is 4.69. The molecular formula is C23H41N3O10. The molecule has 0 spiro atoms. The molecule has 1 aromatic rings. The fourth-order valence-electron chi connectivity index (χ4n) is 2.73. The molecule has 1 heterocycles. The van der Waals surface area contributed by atoms with Crippen molar-refractivity contribution in [3.63, 3.8) is 0 Å². The molecule has 1 unspecified atom stereocenters. The fourth-order valence-corrected chi connectivity index (χ4v) is 2.73. The number of benzene rings is 1. The van der Waals surface area contributed by atoms with Gasteiger partial charge in [-0.1, -0.05) is 19.9 Å². The highest BCUT2D eigenvalue weighted by Gasteiger charge is 2.17. The molecule has 2 rings (SSSR count). The van der Waals surface area contributed by atoms with Crippen molar-refractivity contribution in [3.05, 3.63) is 33.9 Å². The summed E-state index contributed by atoms with van der Waals surface area (Å²) in [5.74, 6) is -0.583. The Hall–Kier alpha value is -3.00. The van der Waals surface area contributed by atoms with Crippen LogP contribution in [0.3, 0.4) is 0 Å². The Labute approximate surface area is 212 Å². The lowest BCUT2D eigenvalue weighted by atomic mass is 10.2. The van der Waals surface area contributed by atoms with Crippen molar-refractivity contribution in [2.45, 2.75) is 39.4 Å². The van der Waals surface area contributed by atoms with Crippen LogP contribution in [0.4, 0.5) is 10.5 Å². The Balaban J connectivity index is 0. The largest absolute Gasteiger partial charge is 0.502 e. The van der Waals surface area contributed by atoms with Crippen molar-refractivity contribution in [1.82, 2.24) is 9.80 Å². The molecule has 1 atom stereocenters. The Bertz CT molecular complexity index is 771. The highest BCUT2D eigenvalue weighted by Crippen LogP contribution is 2.26. The number of nitrogens with zero attached hydrogens (tertiary/aromatic N) is 3. The average molecular weight is 520 g/mol. The van der Waals surface area contributed by atoms with E-state index in [4.69, 9.17) is 24.8 Å². The number of nitro groups is 1. The number of phenols is 1. The van der Waals surface area contributed by atoms with E-state index in [0.717, 1.165) is 39.7 Å². The lowest BCUT2D eigenvalue weighted by Crippen LogP contribution is -2.39. The van der Waals surface area contributed by atoms with Gasteiger partial charge in [0.2, 0.25) is 5.91 Å². The Morgan fingerprint density at radius 1 is 1.17 bits per heavy atom. The van der Waals surface area contributed by atoms with Crippen LogP contribution in [0.25, 0.3) is 0 Å². The van der Waals surface area contributed by atoms with Crippen LogP contribution in [0, 0.1) is 16.0 Å². The second kappa shape index (κ2) is 20.2. The van der Waals surface area contributed by atoms with E-state index in [2.05, 4.69) is 0 Å². The van der Waals surface area contributed by atoms with Crippen LogP contribution < -0.4 is 0 Å². The number of hydrogen-bond donors (Lipinski definition) is 4. The number of likely N-dealkylation sites (N-methyl/N-ethyl adjacent to an activating group) is 2. The number of aromatic hydroxyl groups is 1. The monoisotopic (exact) mass is 519 g/mol. The number of hydrogen-bond acceptors (Lipinski definition) is 10. The lowest BCUT2D eigenvalue weighted by molar-refractivity contribution is -0.385. The van der Waals surface area contributed by atoms with E-state index in [1.807, 2.05) is 0 Å². The van der Waals surface area contributed by atoms with Gasteiger partial charge in [0.25, 0.3) is 0 Å². The predicted molar refractivity (Wildman–Crippen MR) is 132 cm³/mol. The second-order valence-electron chi connectivity index (χ2n) is 7.84. The van der Waals surface area contributed by atoms with Crippen LogP contribution in [0.1, 0.15) is 32.3 Å². The number of nitro benzene ring substituents is 1. The highest BCUT2D eigenvalue weighted by atomic mass is 16.6. The molecular weight excluding hydrogens is 478 g/mol. The minimum atomic E-state index is -0.714. The first-order chi connectivity index (χ1) is 17.0. The molecule has 0 aliphatic carbocycles. The van der Waals surface area contributed by atoms with E-state index < -0.39 is 22.5 Å². The van der Waals surface area contributed by atoms with Crippen LogP contribution in [0.5, 0.6) is 5.75 Å². The number of amides is 2. The summed E-state index contributed by atoms with van der Waals surface area (Å²) in [5, 5.41) is 42.9. The Morgan fingerprint density at radius 2 is 1.75 bits per heavy atom. The van der Waals surface area contributed by atoms with Crippen molar-refractivity contribution in [1.29, 1.82) is 0 Å². The van der Waals surface area contributed by atoms with Gasteiger partial charge in [0.1, 0.15) is 6.61 Å². The minimum Gasteiger partial charge on any atom is -0.502 e. The zero-order valence-corrected chi connectivity index (χ0v) is 21.9. The zero-order chi connectivity index (χ0) is 28.3. The maximum atomic E-state index is 11.9. The third kappa shape index (κ3) is 14.4. The molecule has 0 saturated carbocycles. The summed E-state index contributed by atoms with van der Waals surface area (Å²) in [7, 11) is 5.20. The van der Waals surface area contributed by atoms with Crippen LogP contribution in [-0.4, -0.2) is 108 Å². The van der Waals surface area contributed by atoms with Crippen molar-refractivity contribution < 1.29 is 44.4 Å². The van der Waals surface area contributed by atoms with E-state index in [0.29, 0.717) is 25.3 Å². The topological polar surface area (TPSA) is 183 Å². The number of phenolic OH excluding ortho intramolecular Hbond substituents is 1. The number of aliphatic hydroxyl groups is 3. The predicted octanol–water partition coefficient (Wildman–Crippen LogP) is 1.36. The van der Waals surface area contributed by atoms with Gasteiger partial charge in [0.05, 0.1) is 17.6 Å². The van der Waals surface area contributed by atoms with Crippen LogP contribution in [0.2, 0.25) is 0 Å². The quantitative estimate of drug-likeness (QED) is 0.303. The molecule has 1 aliphatic heterocycles. The summed E-state index contributed by atoms with van der Waals surface area (Å²) < 4.78 is 10.0. The van der Waals surface area contributed by atoms with Gasteiger partial charge in [0.15, 0.2) is 5.75 Å². The van der Waals surface area contributed by atoms with E-state index in [-0.39, 0.29) is 24.5 Å². The van der Waals surface area contributed by atoms with Gasteiger partial charge in [-0.25, -0.2) is 4.79 Å². The Morgan fingerprint density at radius 3 is 2.19 bits per heavy atom. The molecule has 0 aromatic heterocycles. The maximum absolute atomic E-state index is 11.9. The van der Waals surface area contributed by atoms with Crippen molar-refractivity contribution in [2.24, 2.45) is 5.92 Å². The molecule has 1 aromatic carbocycles. The van der Waals surface area contributed by atoms with Crippen LogP contribution >= 0.6 is 0 Å². The summed E-state index contributed by atoms with van der Waals surface area (Å²) >= 11 is 0. The molecule has 1 aliphatic rings. The van der Waals surface area contributed by atoms with E-state index in [9.17, 15) is 24.8 Å². The van der Waals surface area contributed by atoms with Crippen molar-refractivity contribution >= 4 is 17.7 Å². The van der Waals surface area contributed by atoms with Crippen LogP contribution in [-0.2, 0) is 20.9 Å². The van der Waals surface area contributed by atoms with Gasteiger partial charge in [-0.2, -0.15) is 0 Å². The minimum absolute atomic E-state index is 0.0156. The summed E-state index contributed by atoms with van der Waals surface area (Å²) in [6, 6.07) is 3.76. The molecule has 0 bridgehead atoms. The first kappa shape index (κ1) is 35.2. The Kier molecular flexibility index (Phi) is 19.7. The number of carbonyl (C=O) groups is 2. The highest BCUT2D eigenvalue weighted by molar-refractivity contribution is 5.77. The van der Waals surface area contributed by atoms with Gasteiger partial charge < -0.3 is 39.7 Å². The molecule has 36 heavy (non-hydrogen) atoms. The SMILES string of the molecule is CC(C)C(=O)N(C)CCN(C)C(=O)OCc1ccc(O)c([N+](=O)[O-])c1.CO.CO.OC1CCCOC1. The van der Waals surface area contributed by atoms with Crippen LogP contribution in [0.15, 0.2) is 18.2 Å². The summed E-state index contributed by atoms with van der Waals surface area (Å²) in [4.78, 5) is 36.6. The molecule has 1 fully saturated rings. The summed E-state index contributed by atoms with van der Waals surface area (Å²) in [6.07, 6.45) is 1.14. The third-order valence-corrected chi connectivity index (χ3v) is 4.69. The standard InChI is InChI=1S/C16H23N3O6.C5H10O2.2CH4O/c1-11(2)15(21)17(3)7-8-18(4)16(22)25-10-12-5-6-14(20)13(9-12)19(23)24;6-5-2-1-3-7-4-5;2*1-2/h5-6,9,11,20H,7-8,10H2,1-4H3;5-6H,1-4H2;2*2H,1H3. The normalized spacial score (nSPS) is 14.0. The molecule has 2 amide bonds. The number of ether oxygens (including phenoxy) is 2. The van der Waals surface area contributed by atoms with E-state index >= 15 is 0 Å². The molecule has 4 N–H and O–H groups in total. The fraction of sp³-hybridized carbons (Fsp3) is 0.652. The summed E-state index contributed by atoms with van der Waals surface area (Å²) in [5.41, 5.74) is -0.0610. The van der Waals surface area contributed by atoms with E-state index in [1.54, 1.807) is 20.9 Å². The second-order valence-corrected chi connectivity index (χ2v) is 7.84. The van der Waals surface area contributed by atoms with Gasteiger partial charge >= 0.3 is 11.8 Å². The lowest BCUT2D eigenvalue weighted by Gasteiger charge is -2.23. The molecule has 208 valence electrons. The maximum Gasteiger partial charge on any atom is 0.409 e. The number of rotatable bonds is 7. The molecule has 0 radical (unpaired) electrons. The van der Waals surface area contributed by atoms with Crippen molar-refractivity contribution in [2.75, 3.05) is 54.6 Å².